The van der Waals surface area contributed by atoms with E-state index in [0.717, 1.165) is 30.4 Å². The Bertz CT molecular complexity index is 579. The Morgan fingerprint density at radius 3 is 2.78 bits per heavy atom. The van der Waals surface area contributed by atoms with Crippen LogP contribution in [-0.4, -0.2) is 23.8 Å². The van der Waals surface area contributed by atoms with Crippen LogP contribution in [0.4, 0.5) is 5.69 Å². The molecule has 0 saturated carbocycles. The number of hydrogen-bond acceptors (Lipinski definition) is 3. The number of anilines is 1. The summed E-state index contributed by atoms with van der Waals surface area (Å²) in [6, 6.07) is 3.61. The third-order valence-electron chi connectivity index (χ3n) is 4.23. The Morgan fingerprint density at radius 1 is 1.33 bits per heavy atom. The number of nitrogens with zero attached hydrogens (tertiary/aromatic N) is 1. The smallest absolute Gasteiger partial charge is 0.260 e. The van der Waals surface area contributed by atoms with Crippen LogP contribution in [0.5, 0.6) is 0 Å². The van der Waals surface area contributed by atoms with Gasteiger partial charge in [-0.2, -0.15) is 0 Å². The summed E-state index contributed by atoms with van der Waals surface area (Å²) in [5.74, 6) is -0.325. The Morgan fingerprint density at radius 2 is 2.06 bits per heavy atom. The van der Waals surface area contributed by atoms with Crippen LogP contribution in [0, 0.1) is 0 Å². The highest BCUT2D eigenvalue weighted by atomic mass is 16.2. The van der Waals surface area contributed by atoms with Crippen LogP contribution in [0.2, 0.25) is 0 Å². The van der Waals surface area contributed by atoms with Crippen molar-refractivity contribution in [3.05, 3.63) is 28.8 Å². The minimum Gasteiger partial charge on any atom is -0.399 e. The number of nitrogen functional groups attached to an aromatic ring is 1. The maximum absolute atomic E-state index is 12.4. The number of imide groups is 1. The normalized spacial score (nSPS) is 26.2. The highest BCUT2D eigenvalue weighted by Crippen LogP contribution is 2.44. The van der Waals surface area contributed by atoms with Crippen molar-refractivity contribution >= 4 is 17.5 Å². The zero-order valence-corrected chi connectivity index (χ0v) is 10.6. The molecule has 0 spiro atoms. The maximum atomic E-state index is 12.4. The van der Waals surface area contributed by atoms with Crippen molar-refractivity contribution in [1.29, 1.82) is 0 Å². The summed E-state index contributed by atoms with van der Waals surface area (Å²) in [5, 5.41) is 0. The van der Waals surface area contributed by atoms with Crippen molar-refractivity contribution in [2.75, 3.05) is 12.8 Å². The van der Waals surface area contributed by atoms with Crippen LogP contribution < -0.4 is 5.73 Å². The van der Waals surface area contributed by atoms with E-state index in [1.807, 2.05) is 13.0 Å². The van der Waals surface area contributed by atoms with Gasteiger partial charge in [-0.3, -0.25) is 14.5 Å². The molecule has 1 heterocycles. The lowest BCUT2D eigenvalue weighted by atomic mass is 9.66. The van der Waals surface area contributed by atoms with Crippen molar-refractivity contribution in [2.24, 2.45) is 0 Å². The molecular formula is C14H16N2O2. The topological polar surface area (TPSA) is 63.4 Å². The van der Waals surface area contributed by atoms with Crippen LogP contribution in [0.3, 0.4) is 0 Å². The second-order valence-corrected chi connectivity index (χ2v) is 5.46. The molecule has 94 valence electrons. The third kappa shape index (κ3) is 1.20. The van der Waals surface area contributed by atoms with E-state index in [1.54, 1.807) is 13.1 Å². The fourth-order valence-electron chi connectivity index (χ4n) is 3.36. The summed E-state index contributed by atoms with van der Waals surface area (Å²) in [6.07, 6.45) is 2.65. The zero-order chi connectivity index (χ0) is 13.1. The van der Waals surface area contributed by atoms with Gasteiger partial charge in [0.15, 0.2) is 0 Å². The number of amides is 2. The van der Waals surface area contributed by atoms with E-state index in [-0.39, 0.29) is 11.8 Å². The van der Waals surface area contributed by atoms with E-state index >= 15 is 0 Å². The first-order chi connectivity index (χ1) is 8.45. The lowest BCUT2D eigenvalue weighted by Crippen LogP contribution is -2.52. The lowest BCUT2D eigenvalue weighted by Gasteiger charge is -2.42. The van der Waals surface area contributed by atoms with Crippen molar-refractivity contribution in [1.82, 2.24) is 4.90 Å². The number of benzene rings is 1. The second-order valence-electron chi connectivity index (χ2n) is 5.46. The number of aryl methyl sites for hydroxylation is 1. The van der Waals surface area contributed by atoms with E-state index in [0.29, 0.717) is 11.3 Å². The average Bonchev–Trinajstić information content (AvgIpc) is 2.33. The molecule has 0 bridgehead atoms. The van der Waals surface area contributed by atoms with Gasteiger partial charge in [-0.1, -0.05) is 0 Å². The van der Waals surface area contributed by atoms with Crippen LogP contribution in [0.1, 0.15) is 41.3 Å². The van der Waals surface area contributed by atoms with E-state index < -0.39 is 5.41 Å². The molecule has 1 atom stereocenters. The van der Waals surface area contributed by atoms with E-state index in [1.165, 1.54) is 4.90 Å². The van der Waals surface area contributed by atoms with Gasteiger partial charge >= 0.3 is 0 Å². The van der Waals surface area contributed by atoms with Crippen LogP contribution in [0.25, 0.3) is 0 Å². The van der Waals surface area contributed by atoms with Gasteiger partial charge in [-0.05, 0) is 49.4 Å². The maximum Gasteiger partial charge on any atom is 0.260 e. The summed E-state index contributed by atoms with van der Waals surface area (Å²) in [7, 11) is 1.55. The Kier molecular flexibility index (Phi) is 2.09. The van der Waals surface area contributed by atoms with Crippen molar-refractivity contribution in [3.8, 4) is 0 Å². The van der Waals surface area contributed by atoms with Gasteiger partial charge in [0.25, 0.3) is 5.91 Å². The third-order valence-corrected chi connectivity index (χ3v) is 4.23. The van der Waals surface area contributed by atoms with Gasteiger partial charge in [-0.15, -0.1) is 0 Å². The van der Waals surface area contributed by atoms with E-state index in [2.05, 4.69) is 0 Å². The van der Waals surface area contributed by atoms with Gasteiger partial charge < -0.3 is 5.73 Å². The van der Waals surface area contributed by atoms with Gasteiger partial charge in [0.2, 0.25) is 5.91 Å². The first-order valence-corrected chi connectivity index (χ1v) is 6.20. The highest BCUT2D eigenvalue weighted by molar-refractivity contribution is 6.13. The molecule has 1 aromatic rings. The number of rotatable bonds is 0. The molecule has 18 heavy (non-hydrogen) atoms. The van der Waals surface area contributed by atoms with Crippen LogP contribution in [-0.2, 0) is 16.6 Å². The van der Waals surface area contributed by atoms with Crippen LogP contribution >= 0.6 is 0 Å². The van der Waals surface area contributed by atoms with E-state index in [9.17, 15) is 9.59 Å². The molecule has 1 aromatic carbocycles. The quantitative estimate of drug-likeness (QED) is 0.555. The Hall–Kier alpha value is -1.84. The zero-order valence-electron chi connectivity index (χ0n) is 10.6. The SMILES string of the molecule is CN1C(=O)c2cc(N)cc3c2C(C)(CCC3)C1=O. The average molecular weight is 244 g/mol. The minimum absolute atomic E-state index is 0.0919. The molecule has 2 amide bonds. The summed E-state index contributed by atoms with van der Waals surface area (Å²) in [4.78, 5) is 25.8. The summed E-state index contributed by atoms with van der Waals surface area (Å²) in [5.41, 5.74) is 8.48. The minimum atomic E-state index is -0.556. The molecule has 2 aliphatic rings. The van der Waals surface area contributed by atoms with Crippen molar-refractivity contribution in [3.63, 3.8) is 0 Å². The standard InChI is InChI=1S/C14H16N2O2/c1-14-5-3-4-8-6-9(15)7-10(11(8)14)12(17)16(2)13(14)18/h6-7H,3-5,15H2,1-2H3. The molecule has 4 nitrogen and oxygen atoms in total. The molecular weight excluding hydrogens is 228 g/mol. The molecule has 0 fully saturated rings. The van der Waals surface area contributed by atoms with Gasteiger partial charge in [0.1, 0.15) is 0 Å². The Balaban J connectivity index is 2.37. The molecule has 1 unspecified atom stereocenters. The number of nitrogens with two attached hydrogens (primary N) is 1. The summed E-state index contributed by atoms with van der Waals surface area (Å²) >= 11 is 0. The molecule has 1 aliphatic heterocycles. The molecule has 0 radical (unpaired) electrons. The second kappa shape index (κ2) is 3.34. The Labute approximate surface area is 106 Å². The predicted molar refractivity (Wildman–Crippen MR) is 68.2 cm³/mol. The fraction of sp³-hybridized carbons (Fsp3) is 0.429. The van der Waals surface area contributed by atoms with Gasteiger partial charge in [-0.25, -0.2) is 0 Å². The molecule has 2 N–H and O–H groups in total. The molecule has 3 rings (SSSR count). The first kappa shape index (κ1) is 11.3. The molecule has 4 heteroatoms. The number of carbonyl (C=O) groups is 2. The molecule has 0 saturated heterocycles. The summed E-state index contributed by atoms with van der Waals surface area (Å²) < 4.78 is 0. The number of likely N-dealkylation sites (N-methyl/N-ethyl adjacent to an activating group) is 1. The summed E-state index contributed by atoms with van der Waals surface area (Å²) in [6.45, 7) is 1.94. The largest absolute Gasteiger partial charge is 0.399 e. The van der Waals surface area contributed by atoms with Crippen molar-refractivity contribution in [2.45, 2.75) is 31.6 Å². The van der Waals surface area contributed by atoms with E-state index in [4.69, 9.17) is 5.73 Å². The molecule has 0 aromatic heterocycles. The fourth-order valence-corrected chi connectivity index (χ4v) is 3.36. The van der Waals surface area contributed by atoms with Crippen molar-refractivity contribution < 1.29 is 9.59 Å². The number of carbonyl (C=O) groups excluding carboxylic acids is 2. The van der Waals surface area contributed by atoms with Crippen LogP contribution in [0.15, 0.2) is 12.1 Å². The predicted octanol–water partition coefficient (Wildman–Crippen LogP) is 1.48. The highest BCUT2D eigenvalue weighted by Gasteiger charge is 2.48. The number of hydrogen-bond donors (Lipinski definition) is 1. The monoisotopic (exact) mass is 244 g/mol. The first-order valence-electron chi connectivity index (χ1n) is 6.20. The van der Waals surface area contributed by atoms with Gasteiger partial charge in [0, 0.05) is 18.3 Å². The lowest BCUT2D eigenvalue weighted by molar-refractivity contribution is -0.134. The van der Waals surface area contributed by atoms with Gasteiger partial charge in [0.05, 0.1) is 5.41 Å². The molecule has 1 aliphatic carbocycles.